The van der Waals surface area contributed by atoms with Gasteiger partial charge < -0.3 is 20.1 Å². The Morgan fingerprint density at radius 1 is 1.60 bits per heavy atom. The molecule has 106 valence electrons. The van der Waals surface area contributed by atoms with Crippen molar-refractivity contribution >= 4 is 28.9 Å². The summed E-state index contributed by atoms with van der Waals surface area (Å²) in [6.45, 7) is -0.427. The van der Waals surface area contributed by atoms with E-state index in [0.717, 1.165) is 0 Å². The molecule has 2 rings (SSSR count). The minimum Gasteiger partial charge on any atom is -0.481 e. The van der Waals surface area contributed by atoms with Crippen LogP contribution in [0.3, 0.4) is 0 Å². The Bertz CT molecular complexity index is 586. The molecule has 1 aliphatic rings. The Balaban J connectivity index is 2.33. The molecule has 20 heavy (non-hydrogen) atoms. The van der Waals surface area contributed by atoms with Gasteiger partial charge in [0.15, 0.2) is 12.4 Å². The quantitative estimate of drug-likeness (QED) is 0.468. The topological polar surface area (TPSA) is 120 Å². The van der Waals surface area contributed by atoms with E-state index < -0.39 is 10.9 Å². The molecule has 1 heterocycles. The lowest BCUT2D eigenvalue weighted by atomic mass is 10.2. The number of carbonyl (C=O) groups is 2. The fraction of sp³-hybridized carbons (Fsp3) is 0.273. The Labute approximate surface area is 113 Å². The van der Waals surface area contributed by atoms with Gasteiger partial charge in [-0.2, -0.15) is 0 Å². The highest BCUT2D eigenvalue weighted by Crippen LogP contribution is 2.37. The largest absolute Gasteiger partial charge is 0.481 e. The number of hydrogen-bond acceptors (Lipinski definition) is 7. The molecule has 0 radical (unpaired) electrons. The molecule has 0 fully saturated rings. The molecule has 2 N–H and O–H groups in total. The summed E-state index contributed by atoms with van der Waals surface area (Å²) in [5, 5.41) is 16.1. The van der Waals surface area contributed by atoms with Crippen molar-refractivity contribution in [2.75, 3.05) is 30.9 Å². The van der Waals surface area contributed by atoms with Crippen LogP contribution < -0.4 is 15.4 Å². The third kappa shape index (κ3) is 2.76. The molecule has 0 aliphatic carbocycles. The number of ether oxygens (including phenoxy) is 2. The minimum absolute atomic E-state index is 0.0879. The molecule has 0 aromatic heterocycles. The van der Waals surface area contributed by atoms with Gasteiger partial charge in [0.25, 0.3) is 11.6 Å². The lowest BCUT2D eigenvalue weighted by molar-refractivity contribution is -0.384. The molecule has 1 aromatic carbocycles. The monoisotopic (exact) mass is 281 g/mol. The molecule has 0 bridgehead atoms. The number of methoxy groups -OCH3 is 1. The van der Waals surface area contributed by atoms with Crippen LogP contribution in [-0.2, 0) is 14.3 Å². The first-order valence-corrected chi connectivity index (χ1v) is 5.57. The number of nitrogens with zero attached hydrogens (tertiary/aromatic N) is 1. The van der Waals surface area contributed by atoms with E-state index in [1.807, 2.05) is 0 Å². The lowest BCUT2D eigenvalue weighted by Crippen LogP contribution is -2.25. The average molecular weight is 281 g/mol. The van der Waals surface area contributed by atoms with Gasteiger partial charge in [-0.1, -0.05) is 0 Å². The number of fused-ring (bicyclic) bond motifs is 1. The number of nitrogens with one attached hydrogen (secondary N) is 2. The van der Waals surface area contributed by atoms with Crippen LogP contribution in [0, 0.1) is 10.1 Å². The van der Waals surface area contributed by atoms with Crippen LogP contribution in [0.25, 0.3) is 0 Å². The maximum Gasteiger partial charge on any atom is 0.325 e. The predicted octanol–water partition coefficient (Wildman–Crippen LogP) is 0.511. The molecule has 0 atom stereocenters. The summed E-state index contributed by atoms with van der Waals surface area (Å²) in [5.41, 5.74) is 0.132. The summed E-state index contributed by atoms with van der Waals surface area (Å²) in [7, 11) is 1.21. The van der Waals surface area contributed by atoms with Crippen LogP contribution >= 0.6 is 0 Å². The summed E-state index contributed by atoms with van der Waals surface area (Å²) in [6, 6.07) is 2.53. The van der Waals surface area contributed by atoms with Gasteiger partial charge >= 0.3 is 5.97 Å². The van der Waals surface area contributed by atoms with Gasteiger partial charge in [0.2, 0.25) is 0 Å². The van der Waals surface area contributed by atoms with Gasteiger partial charge in [0.05, 0.1) is 23.8 Å². The highest BCUT2D eigenvalue weighted by Gasteiger charge is 2.23. The predicted molar refractivity (Wildman–Crippen MR) is 67.7 cm³/mol. The maximum atomic E-state index is 11.2. The maximum absolute atomic E-state index is 11.2. The van der Waals surface area contributed by atoms with Crippen molar-refractivity contribution in [1.82, 2.24) is 0 Å². The van der Waals surface area contributed by atoms with Crippen LogP contribution in [0.4, 0.5) is 17.1 Å². The van der Waals surface area contributed by atoms with Crippen molar-refractivity contribution in [3.8, 4) is 5.75 Å². The number of esters is 1. The molecule has 9 nitrogen and oxygen atoms in total. The number of benzene rings is 1. The molecular weight excluding hydrogens is 270 g/mol. The molecule has 1 amide bonds. The summed E-state index contributed by atoms with van der Waals surface area (Å²) in [4.78, 5) is 32.6. The second-order valence-corrected chi connectivity index (χ2v) is 3.89. The number of carbonyl (C=O) groups excluding carboxylic acids is 2. The van der Waals surface area contributed by atoms with Crippen molar-refractivity contribution in [2.45, 2.75) is 0 Å². The smallest absolute Gasteiger partial charge is 0.325 e. The van der Waals surface area contributed by atoms with E-state index in [2.05, 4.69) is 15.4 Å². The number of nitro benzene ring substituents is 1. The normalized spacial score (nSPS) is 12.8. The van der Waals surface area contributed by atoms with Gasteiger partial charge in [-0.15, -0.1) is 0 Å². The van der Waals surface area contributed by atoms with Crippen molar-refractivity contribution in [2.24, 2.45) is 0 Å². The van der Waals surface area contributed by atoms with E-state index in [1.54, 1.807) is 0 Å². The molecule has 1 aromatic rings. The van der Waals surface area contributed by atoms with E-state index in [1.165, 1.54) is 19.2 Å². The number of amides is 1. The Morgan fingerprint density at radius 3 is 3.00 bits per heavy atom. The summed E-state index contributed by atoms with van der Waals surface area (Å²) >= 11 is 0. The van der Waals surface area contributed by atoms with Crippen molar-refractivity contribution in [3.63, 3.8) is 0 Å². The van der Waals surface area contributed by atoms with E-state index in [4.69, 9.17) is 4.74 Å². The minimum atomic E-state index is -0.611. The number of hydrogen-bond donors (Lipinski definition) is 2. The third-order valence-electron chi connectivity index (χ3n) is 2.58. The zero-order chi connectivity index (χ0) is 14.7. The number of rotatable bonds is 4. The van der Waals surface area contributed by atoms with Crippen LogP contribution in [0.2, 0.25) is 0 Å². The summed E-state index contributed by atoms with van der Waals surface area (Å²) in [6.07, 6.45) is 0. The Kier molecular flexibility index (Phi) is 3.69. The third-order valence-corrected chi connectivity index (χ3v) is 2.58. The first-order chi connectivity index (χ1) is 9.51. The van der Waals surface area contributed by atoms with Crippen LogP contribution in [0.15, 0.2) is 12.1 Å². The molecular formula is C11H11N3O6. The second kappa shape index (κ2) is 5.43. The molecule has 1 aliphatic heterocycles. The highest BCUT2D eigenvalue weighted by atomic mass is 16.6. The molecule has 9 heteroatoms. The SMILES string of the molecule is COC(=O)CNc1cc2c(cc1[N+](=O)[O-])OCC(=O)N2. The fourth-order valence-electron chi connectivity index (χ4n) is 1.65. The lowest BCUT2D eigenvalue weighted by Gasteiger charge is -2.18. The van der Waals surface area contributed by atoms with Crippen molar-refractivity contribution in [1.29, 1.82) is 0 Å². The first kappa shape index (κ1) is 13.6. The van der Waals surface area contributed by atoms with Gasteiger partial charge in [-0.3, -0.25) is 19.7 Å². The van der Waals surface area contributed by atoms with E-state index in [0.29, 0.717) is 5.69 Å². The number of nitro groups is 1. The van der Waals surface area contributed by atoms with Gasteiger partial charge in [0.1, 0.15) is 12.2 Å². The zero-order valence-corrected chi connectivity index (χ0v) is 10.5. The second-order valence-electron chi connectivity index (χ2n) is 3.89. The van der Waals surface area contributed by atoms with Gasteiger partial charge in [0, 0.05) is 0 Å². The van der Waals surface area contributed by atoms with E-state index in [-0.39, 0.29) is 36.2 Å². The van der Waals surface area contributed by atoms with Crippen LogP contribution in [-0.4, -0.2) is 37.1 Å². The van der Waals surface area contributed by atoms with Crippen LogP contribution in [0.1, 0.15) is 0 Å². The van der Waals surface area contributed by atoms with Gasteiger partial charge in [-0.25, -0.2) is 0 Å². The summed E-state index contributed by atoms with van der Waals surface area (Å²) in [5.74, 6) is -0.720. The Morgan fingerprint density at radius 2 is 2.35 bits per heavy atom. The van der Waals surface area contributed by atoms with Crippen molar-refractivity contribution in [3.05, 3.63) is 22.2 Å². The van der Waals surface area contributed by atoms with Gasteiger partial charge in [-0.05, 0) is 6.07 Å². The standard InChI is InChI=1S/C11H11N3O6/c1-19-11(16)4-12-6-2-7-9(3-8(6)14(17)18)20-5-10(15)13-7/h2-3,12H,4-5H2,1H3,(H,13,15). The molecule has 0 spiro atoms. The molecule has 0 unspecified atom stereocenters. The summed E-state index contributed by atoms with van der Waals surface area (Å²) < 4.78 is 9.53. The van der Waals surface area contributed by atoms with Crippen LogP contribution in [0.5, 0.6) is 5.75 Å². The Hall–Kier alpha value is -2.84. The highest BCUT2D eigenvalue weighted by molar-refractivity contribution is 5.97. The average Bonchev–Trinajstić information content (AvgIpc) is 2.43. The molecule has 0 saturated heterocycles. The first-order valence-electron chi connectivity index (χ1n) is 5.57. The van der Waals surface area contributed by atoms with E-state index in [9.17, 15) is 19.7 Å². The van der Waals surface area contributed by atoms with E-state index >= 15 is 0 Å². The molecule has 0 saturated carbocycles. The fourth-order valence-corrected chi connectivity index (χ4v) is 1.65. The zero-order valence-electron chi connectivity index (χ0n) is 10.5. The van der Waals surface area contributed by atoms with Crippen molar-refractivity contribution < 1.29 is 24.0 Å². The number of anilines is 2.